The molecule has 88 valence electrons. The third kappa shape index (κ3) is 3.68. The Morgan fingerprint density at radius 1 is 1.60 bits per heavy atom. The normalized spacial score (nSPS) is 22.5. The van der Waals surface area contributed by atoms with Gasteiger partial charge in [-0.05, 0) is 20.8 Å². The molecule has 0 bridgehead atoms. The largest absolute Gasteiger partial charge is 0.530 e. The van der Waals surface area contributed by atoms with Crippen molar-refractivity contribution in [3.8, 4) is 0 Å². The summed E-state index contributed by atoms with van der Waals surface area (Å²) in [5, 5.41) is 14.2. The van der Waals surface area contributed by atoms with Gasteiger partial charge in [-0.25, -0.2) is 0 Å². The molecule has 1 unspecified atom stereocenters. The van der Waals surface area contributed by atoms with Gasteiger partial charge in [0.05, 0.1) is 13.2 Å². The quantitative estimate of drug-likeness (QED) is 0.669. The van der Waals surface area contributed by atoms with Crippen molar-refractivity contribution in [2.24, 2.45) is 0 Å². The van der Waals surface area contributed by atoms with E-state index in [1.165, 1.54) is 4.90 Å². The molecular formula is C10H19N2O3-. The van der Waals surface area contributed by atoms with Gasteiger partial charge in [-0.1, -0.05) is 0 Å². The minimum absolute atomic E-state index is 0.0656. The first kappa shape index (κ1) is 12.3. The van der Waals surface area contributed by atoms with Gasteiger partial charge in [-0.3, -0.25) is 0 Å². The van der Waals surface area contributed by atoms with Gasteiger partial charge in [0.1, 0.15) is 6.09 Å². The smallest absolute Gasteiger partial charge is 0.137 e. The van der Waals surface area contributed by atoms with E-state index in [4.69, 9.17) is 4.74 Å². The van der Waals surface area contributed by atoms with E-state index in [1.807, 2.05) is 20.8 Å². The lowest BCUT2D eigenvalue weighted by atomic mass is 10.1. The predicted octanol–water partition coefficient (Wildman–Crippen LogP) is -0.581. The van der Waals surface area contributed by atoms with E-state index in [-0.39, 0.29) is 6.04 Å². The number of carboxylic acid groups (broad SMARTS) is 1. The van der Waals surface area contributed by atoms with Crippen LogP contribution in [0.2, 0.25) is 0 Å². The molecule has 1 aliphatic heterocycles. The van der Waals surface area contributed by atoms with Crippen LogP contribution in [0.15, 0.2) is 0 Å². The van der Waals surface area contributed by atoms with Crippen molar-refractivity contribution in [3.05, 3.63) is 0 Å². The molecule has 5 nitrogen and oxygen atoms in total. The van der Waals surface area contributed by atoms with Gasteiger partial charge in [0.15, 0.2) is 0 Å². The Kier molecular flexibility index (Phi) is 3.93. The Morgan fingerprint density at radius 3 is 2.67 bits per heavy atom. The first-order valence-electron chi connectivity index (χ1n) is 5.21. The van der Waals surface area contributed by atoms with Gasteiger partial charge < -0.3 is 24.9 Å². The average Bonchev–Trinajstić information content (AvgIpc) is 2.13. The molecule has 0 saturated carbocycles. The van der Waals surface area contributed by atoms with Crippen LogP contribution < -0.4 is 10.4 Å². The topological polar surface area (TPSA) is 64.6 Å². The van der Waals surface area contributed by atoms with Gasteiger partial charge in [0.25, 0.3) is 0 Å². The molecule has 5 heteroatoms. The molecule has 0 aromatic heterocycles. The lowest BCUT2D eigenvalue weighted by Gasteiger charge is -2.41. The molecule has 1 N–H and O–H groups in total. The van der Waals surface area contributed by atoms with Crippen LogP contribution in [-0.2, 0) is 4.74 Å². The van der Waals surface area contributed by atoms with Crippen LogP contribution in [0.3, 0.4) is 0 Å². The standard InChI is InChI=1S/C10H20N2O3/c1-10(2,3)12(9(13)14)6-8-7-15-5-4-11-8/h8,11H,4-7H2,1-3H3,(H,13,14)/p-1. The monoisotopic (exact) mass is 215 g/mol. The van der Waals surface area contributed by atoms with Crippen molar-refractivity contribution in [2.75, 3.05) is 26.3 Å². The van der Waals surface area contributed by atoms with E-state index < -0.39 is 11.6 Å². The summed E-state index contributed by atoms with van der Waals surface area (Å²) in [6, 6.07) is 0.0656. The molecule has 1 amide bonds. The molecule has 1 atom stereocenters. The molecule has 0 radical (unpaired) electrons. The summed E-state index contributed by atoms with van der Waals surface area (Å²) in [6.07, 6.45) is -1.13. The van der Waals surface area contributed by atoms with Crippen LogP contribution >= 0.6 is 0 Å². The molecule has 0 aliphatic carbocycles. The number of hydrogen-bond acceptors (Lipinski definition) is 4. The van der Waals surface area contributed by atoms with Crippen LogP contribution in [0.25, 0.3) is 0 Å². The van der Waals surface area contributed by atoms with Crippen LogP contribution in [0, 0.1) is 0 Å². The number of nitrogens with one attached hydrogen (secondary N) is 1. The van der Waals surface area contributed by atoms with Crippen molar-refractivity contribution >= 4 is 6.09 Å². The second-order valence-electron chi connectivity index (χ2n) is 4.77. The zero-order chi connectivity index (χ0) is 11.5. The number of carbonyl (C=O) groups excluding carboxylic acids is 1. The lowest BCUT2D eigenvalue weighted by molar-refractivity contribution is -0.271. The Morgan fingerprint density at radius 2 is 2.27 bits per heavy atom. The van der Waals surface area contributed by atoms with Gasteiger partial charge in [0.2, 0.25) is 0 Å². The predicted molar refractivity (Wildman–Crippen MR) is 54.5 cm³/mol. The Hall–Kier alpha value is -0.810. The lowest BCUT2D eigenvalue weighted by Crippen LogP contribution is -2.58. The first-order chi connectivity index (χ1) is 6.91. The fraction of sp³-hybridized carbons (Fsp3) is 0.900. The zero-order valence-electron chi connectivity index (χ0n) is 9.58. The molecule has 1 rings (SSSR count). The first-order valence-corrected chi connectivity index (χ1v) is 5.21. The van der Waals surface area contributed by atoms with E-state index in [0.29, 0.717) is 19.8 Å². The maximum Gasteiger partial charge on any atom is 0.137 e. The number of ether oxygens (including phenoxy) is 1. The molecule has 1 fully saturated rings. The highest BCUT2D eigenvalue weighted by atomic mass is 16.5. The number of rotatable bonds is 2. The zero-order valence-corrected chi connectivity index (χ0v) is 9.58. The summed E-state index contributed by atoms with van der Waals surface area (Å²) >= 11 is 0. The van der Waals surface area contributed by atoms with E-state index >= 15 is 0 Å². The number of amides is 1. The molecule has 1 aliphatic rings. The number of hydrogen-bond donors (Lipinski definition) is 1. The summed E-state index contributed by atoms with van der Waals surface area (Å²) in [6.45, 7) is 7.99. The van der Waals surface area contributed by atoms with Crippen LogP contribution in [0.4, 0.5) is 4.79 Å². The average molecular weight is 215 g/mol. The summed E-state index contributed by atoms with van der Waals surface area (Å²) in [4.78, 5) is 12.3. The molecule has 0 aromatic rings. The van der Waals surface area contributed by atoms with Crippen molar-refractivity contribution in [1.29, 1.82) is 0 Å². The van der Waals surface area contributed by atoms with E-state index in [1.54, 1.807) is 0 Å². The summed E-state index contributed by atoms with van der Waals surface area (Å²) in [5.74, 6) is 0. The van der Waals surface area contributed by atoms with Crippen LogP contribution in [0.1, 0.15) is 20.8 Å². The SMILES string of the molecule is CC(C)(C)N(CC1COCCN1)C(=O)[O-]. The van der Waals surface area contributed by atoms with Crippen LogP contribution in [0.5, 0.6) is 0 Å². The third-order valence-corrected chi connectivity index (χ3v) is 2.43. The van der Waals surface area contributed by atoms with E-state index in [0.717, 1.165) is 6.54 Å². The molecule has 1 saturated heterocycles. The van der Waals surface area contributed by atoms with E-state index in [2.05, 4.69) is 5.32 Å². The summed E-state index contributed by atoms with van der Waals surface area (Å²) in [5.41, 5.74) is -0.433. The molecular weight excluding hydrogens is 196 g/mol. The molecule has 1 heterocycles. The van der Waals surface area contributed by atoms with Crippen molar-refractivity contribution in [1.82, 2.24) is 10.2 Å². The summed E-state index contributed by atoms with van der Waals surface area (Å²) < 4.78 is 5.27. The molecule has 0 spiro atoms. The van der Waals surface area contributed by atoms with Gasteiger partial charge >= 0.3 is 0 Å². The fourth-order valence-corrected chi connectivity index (χ4v) is 1.58. The van der Waals surface area contributed by atoms with Gasteiger partial charge in [0, 0.05) is 24.7 Å². The minimum Gasteiger partial charge on any atom is -0.530 e. The number of nitrogens with zero attached hydrogens (tertiary/aromatic N) is 1. The maximum absolute atomic E-state index is 11.0. The Labute approximate surface area is 90.4 Å². The highest BCUT2D eigenvalue weighted by Gasteiger charge is 2.25. The Bertz CT molecular complexity index is 219. The second kappa shape index (κ2) is 4.81. The van der Waals surface area contributed by atoms with Gasteiger partial charge in [-0.2, -0.15) is 0 Å². The highest BCUT2D eigenvalue weighted by molar-refractivity contribution is 5.63. The van der Waals surface area contributed by atoms with E-state index in [9.17, 15) is 9.90 Å². The number of carbonyl (C=O) groups is 1. The minimum atomic E-state index is -1.13. The molecule has 15 heavy (non-hydrogen) atoms. The maximum atomic E-state index is 11.0. The Balaban J connectivity index is 2.54. The third-order valence-electron chi connectivity index (χ3n) is 2.43. The van der Waals surface area contributed by atoms with Crippen molar-refractivity contribution in [2.45, 2.75) is 32.4 Å². The summed E-state index contributed by atoms with van der Waals surface area (Å²) in [7, 11) is 0. The van der Waals surface area contributed by atoms with Crippen LogP contribution in [-0.4, -0.2) is 48.9 Å². The number of morpholine rings is 1. The van der Waals surface area contributed by atoms with Crippen molar-refractivity contribution < 1.29 is 14.6 Å². The highest BCUT2D eigenvalue weighted by Crippen LogP contribution is 2.13. The fourth-order valence-electron chi connectivity index (χ4n) is 1.58. The second-order valence-corrected chi connectivity index (χ2v) is 4.77. The van der Waals surface area contributed by atoms with Crippen molar-refractivity contribution in [3.63, 3.8) is 0 Å². The molecule has 0 aromatic carbocycles. The van der Waals surface area contributed by atoms with Gasteiger partial charge in [-0.15, -0.1) is 0 Å².